The van der Waals surface area contributed by atoms with Crippen LogP contribution in [0.1, 0.15) is 33.1 Å². The lowest BCUT2D eigenvalue weighted by Crippen LogP contribution is -2.31. The van der Waals surface area contributed by atoms with E-state index >= 15 is 0 Å². The van der Waals surface area contributed by atoms with Crippen molar-refractivity contribution < 1.29 is 0 Å². The van der Waals surface area contributed by atoms with Crippen LogP contribution < -0.4 is 10.2 Å². The second-order valence-electron chi connectivity index (χ2n) is 4.88. The van der Waals surface area contributed by atoms with Crippen molar-refractivity contribution in [2.75, 3.05) is 23.8 Å². The molecule has 94 valence electrons. The third-order valence-electron chi connectivity index (χ3n) is 3.49. The fourth-order valence-corrected chi connectivity index (χ4v) is 1.99. The van der Waals surface area contributed by atoms with Crippen molar-refractivity contribution in [2.45, 2.75) is 39.2 Å². The average Bonchev–Trinajstić information content (AvgIpc) is 3.19. The smallest absolute Gasteiger partial charge is 0.134 e. The maximum absolute atomic E-state index is 4.35. The number of nitrogens with one attached hydrogen (secondary N) is 1. The van der Waals surface area contributed by atoms with Gasteiger partial charge in [-0.05, 0) is 32.1 Å². The van der Waals surface area contributed by atoms with Gasteiger partial charge in [-0.3, -0.25) is 0 Å². The summed E-state index contributed by atoms with van der Waals surface area (Å²) >= 11 is 0. The summed E-state index contributed by atoms with van der Waals surface area (Å²) in [6.07, 6.45) is 5.46. The molecule has 1 saturated carbocycles. The van der Waals surface area contributed by atoms with Gasteiger partial charge in [0.1, 0.15) is 18.0 Å². The first-order valence-corrected chi connectivity index (χ1v) is 6.51. The van der Waals surface area contributed by atoms with Gasteiger partial charge >= 0.3 is 0 Å². The molecular formula is C13H22N4. The van der Waals surface area contributed by atoms with Crippen LogP contribution in [0.3, 0.4) is 0 Å². The molecule has 1 unspecified atom stereocenters. The molecule has 1 N–H and O–H groups in total. The average molecular weight is 234 g/mol. The Morgan fingerprint density at radius 3 is 2.88 bits per heavy atom. The molecule has 0 bridgehead atoms. The molecule has 0 saturated heterocycles. The molecule has 2 rings (SSSR count). The molecule has 1 aliphatic carbocycles. The Morgan fingerprint density at radius 1 is 1.47 bits per heavy atom. The van der Waals surface area contributed by atoms with E-state index in [0.717, 1.165) is 30.5 Å². The molecule has 0 aromatic carbocycles. The highest BCUT2D eigenvalue weighted by atomic mass is 15.2. The largest absolute Gasteiger partial charge is 0.370 e. The molecule has 0 radical (unpaired) electrons. The zero-order valence-corrected chi connectivity index (χ0v) is 11.0. The minimum absolute atomic E-state index is 0.573. The van der Waals surface area contributed by atoms with Crippen molar-refractivity contribution in [1.29, 1.82) is 0 Å². The fraction of sp³-hybridized carbons (Fsp3) is 0.692. The number of anilines is 2. The third kappa shape index (κ3) is 3.08. The summed E-state index contributed by atoms with van der Waals surface area (Å²) < 4.78 is 0. The lowest BCUT2D eigenvalue weighted by Gasteiger charge is -2.26. The van der Waals surface area contributed by atoms with Crippen LogP contribution in [0.4, 0.5) is 11.6 Å². The lowest BCUT2D eigenvalue weighted by atomic mass is 10.2. The number of nitrogens with zero attached hydrogens (tertiary/aromatic N) is 3. The van der Waals surface area contributed by atoms with Gasteiger partial charge in [-0.25, -0.2) is 9.97 Å². The van der Waals surface area contributed by atoms with Crippen LogP contribution in [0.15, 0.2) is 12.4 Å². The van der Waals surface area contributed by atoms with Crippen molar-refractivity contribution in [1.82, 2.24) is 9.97 Å². The Bertz CT molecular complexity index is 362. The zero-order valence-electron chi connectivity index (χ0n) is 11.0. The van der Waals surface area contributed by atoms with Gasteiger partial charge in [0.15, 0.2) is 0 Å². The highest BCUT2D eigenvalue weighted by molar-refractivity contribution is 5.48. The Labute approximate surface area is 103 Å². The van der Waals surface area contributed by atoms with Crippen LogP contribution in [-0.2, 0) is 0 Å². The fourth-order valence-electron chi connectivity index (χ4n) is 1.99. The predicted octanol–water partition coefficient (Wildman–Crippen LogP) is 2.53. The first-order chi connectivity index (χ1) is 8.22. The highest BCUT2D eigenvalue weighted by Crippen LogP contribution is 2.35. The van der Waals surface area contributed by atoms with Gasteiger partial charge in [0.2, 0.25) is 0 Å². The van der Waals surface area contributed by atoms with E-state index in [0.29, 0.717) is 6.04 Å². The van der Waals surface area contributed by atoms with Gasteiger partial charge in [0.25, 0.3) is 0 Å². The van der Waals surface area contributed by atoms with Crippen molar-refractivity contribution >= 4 is 11.6 Å². The van der Waals surface area contributed by atoms with E-state index in [1.807, 2.05) is 6.07 Å². The second kappa shape index (κ2) is 5.34. The summed E-state index contributed by atoms with van der Waals surface area (Å²) in [7, 11) is 2.12. The lowest BCUT2D eigenvalue weighted by molar-refractivity contribution is 0.603. The molecule has 1 heterocycles. The first kappa shape index (κ1) is 12.1. The number of hydrogen-bond acceptors (Lipinski definition) is 4. The van der Waals surface area contributed by atoms with E-state index in [1.54, 1.807) is 6.33 Å². The minimum Gasteiger partial charge on any atom is -0.370 e. The molecule has 1 atom stereocenters. The van der Waals surface area contributed by atoms with Gasteiger partial charge in [-0.1, -0.05) is 6.92 Å². The Balaban J connectivity index is 2.03. The predicted molar refractivity (Wildman–Crippen MR) is 71.4 cm³/mol. The van der Waals surface area contributed by atoms with Gasteiger partial charge in [0.05, 0.1) is 0 Å². The van der Waals surface area contributed by atoms with Crippen molar-refractivity contribution in [3.63, 3.8) is 0 Å². The van der Waals surface area contributed by atoms with Crippen molar-refractivity contribution in [3.8, 4) is 0 Å². The molecular weight excluding hydrogens is 212 g/mol. The van der Waals surface area contributed by atoms with Crippen LogP contribution in [0.5, 0.6) is 0 Å². The summed E-state index contributed by atoms with van der Waals surface area (Å²) in [4.78, 5) is 10.8. The van der Waals surface area contributed by atoms with Gasteiger partial charge in [-0.15, -0.1) is 0 Å². The van der Waals surface area contributed by atoms with Crippen LogP contribution in [0, 0.1) is 5.92 Å². The normalized spacial score (nSPS) is 16.6. The molecule has 4 heteroatoms. The molecule has 0 amide bonds. The van der Waals surface area contributed by atoms with E-state index in [4.69, 9.17) is 0 Å². The SMILES string of the molecule is CCCNc1cc(N(C)C(C)C2CC2)ncn1. The molecule has 1 fully saturated rings. The number of rotatable bonds is 6. The molecule has 1 aromatic heterocycles. The van der Waals surface area contributed by atoms with Gasteiger partial charge < -0.3 is 10.2 Å². The maximum Gasteiger partial charge on any atom is 0.134 e. The zero-order chi connectivity index (χ0) is 12.3. The Morgan fingerprint density at radius 2 is 2.24 bits per heavy atom. The maximum atomic E-state index is 4.35. The van der Waals surface area contributed by atoms with Crippen molar-refractivity contribution in [3.05, 3.63) is 12.4 Å². The first-order valence-electron chi connectivity index (χ1n) is 6.51. The molecule has 1 aliphatic rings. The topological polar surface area (TPSA) is 41.0 Å². The third-order valence-corrected chi connectivity index (χ3v) is 3.49. The summed E-state index contributed by atoms with van der Waals surface area (Å²) in [5.41, 5.74) is 0. The molecule has 0 spiro atoms. The highest BCUT2D eigenvalue weighted by Gasteiger charge is 2.31. The summed E-state index contributed by atoms with van der Waals surface area (Å²) in [5.74, 6) is 2.78. The van der Waals surface area contributed by atoms with E-state index in [1.165, 1.54) is 12.8 Å². The Kier molecular flexibility index (Phi) is 3.82. The summed E-state index contributed by atoms with van der Waals surface area (Å²) in [6, 6.07) is 2.61. The van der Waals surface area contributed by atoms with Gasteiger partial charge in [0, 0.05) is 25.7 Å². The minimum atomic E-state index is 0.573. The quantitative estimate of drug-likeness (QED) is 0.821. The monoisotopic (exact) mass is 234 g/mol. The van der Waals surface area contributed by atoms with Crippen LogP contribution in [0.25, 0.3) is 0 Å². The molecule has 1 aromatic rings. The van der Waals surface area contributed by atoms with Crippen LogP contribution in [0.2, 0.25) is 0 Å². The number of aromatic nitrogens is 2. The second-order valence-corrected chi connectivity index (χ2v) is 4.88. The van der Waals surface area contributed by atoms with E-state index in [2.05, 4.69) is 41.1 Å². The Hall–Kier alpha value is -1.32. The summed E-state index contributed by atoms with van der Waals surface area (Å²) in [5, 5.41) is 3.30. The van der Waals surface area contributed by atoms with E-state index < -0.39 is 0 Å². The van der Waals surface area contributed by atoms with Crippen molar-refractivity contribution in [2.24, 2.45) is 5.92 Å². The van der Waals surface area contributed by atoms with E-state index in [9.17, 15) is 0 Å². The number of hydrogen-bond donors (Lipinski definition) is 1. The van der Waals surface area contributed by atoms with Crippen LogP contribution >= 0.6 is 0 Å². The van der Waals surface area contributed by atoms with E-state index in [-0.39, 0.29) is 0 Å². The van der Waals surface area contributed by atoms with Gasteiger partial charge in [-0.2, -0.15) is 0 Å². The molecule has 0 aliphatic heterocycles. The standard InChI is InChI=1S/C13H22N4/c1-4-7-14-12-8-13(16-9-15-12)17(3)10(2)11-5-6-11/h8-11H,4-7H2,1-3H3,(H,14,15,16). The molecule has 17 heavy (non-hydrogen) atoms. The summed E-state index contributed by atoms with van der Waals surface area (Å²) in [6.45, 7) is 5.38. The van der Waals surface area contributed by atoms with Crippen LogP contribution in [-0.4, -0.2) is 29.6 Å². The molecule has 4 nitrogen and oxygen atoms in total.